The summed E-state index contributed by atoms with van der Waals surface area (Å²) in [5.74, 6) is 0.422. The lowest BCUT2D eigenvalue weighted by molar-refractivity contribution is -0.156. The van der Waals surface area contributed by atoms with Crippen molar-refractivity contribution >= 4 is 11.8 Å². The minimum absolute atomic E-state index is 0.396. The highest BCUT2D eigenvalue weighted by Crippen LogP contribution is 2.20. The number of nitrogens with zero attached hydrogens (tertiary/aromatic N) is 2. The molecule has 1 aliphatic rings. The molecule has 0 unspecified atom stereocenters. The molecule has 1 fully saturated rings. The first-order valence-electron chi connectivity index (χ1n) is 7.84. The molecule has 2 rings (SSSR count). The Bertz CT molecular complexity index is 542. The summed E-state index contributed by atoms with van der Waals surface area (Å²) in [7, 11) is 0. The number of hydrogen-bond acceptors (Lipinski definition) is 3. The lowest BCUT2D eigenvalue weighted by Crippen LogP contribution is -2.54. The van der Waals surface area contributed by atoms with E-state index in [9.17, 15) is 9.59 Å². The van der Waals surface area contributed by atoms with Crippen LogP contribution in [0.1, 0.15) is 32.3 Å². The Morgan fingerprint density at radius 3 is 2.50 bits per heavy atom. The lowest BCUT2D eigenvalue weighted by Gasteiger charge is -2.32. The van der Waals surface area contributed by atoms with Crippen LogP contribution in [0.5, 0.6) is 5.75 Å². The maximum absolute atomic E-state index is 12.0. The molecule has 0 spiro atoms. The predicted octanol–water partition coefficient (Wildman–Crippen LogP) is 1.88. The van der Waals surface area contributed by atoms with Gasteiger partial charge in [0.05, 0.1) is 6.54 Å². The molecule has 2 amide bonds. The third-order valence-corrected chi connectivity index (χ3v) is 3.93. The van der Waals surface area contributed by atoms with Crippen molar-refractivity contribution in [1.82, 2.24) is 9.80 Å². The fraction of sp³-hybridized carbons (Fsp3) is 0.529. The first-order valence-corrected chi connectivity index (χ1v) is 7.84. The monoisotopic (exact) mass is 304 g/mol. The molecule has 22 heavy (non-hydrogen) atoms. The van der Waals surface area contributed by atoms with E-state index < -0.39 is 11.8 Å². The molecule has 0 saturated carbocycles. The standard InChI is InChI=1S/C17H24N2O3/c1-4-18-8-9-19(17(21)16(18)20)10-11-22-15-7-5-6-14(12-15)13(2)3/h5-7,12-13H,4,8-11H2,1-3H3. The molecule has 1 heterocycles. The normalized spacial score (nSPS) is 15.6. The number of ether oxygens (including phenoxy) is 1. The Labute approximate surface area is 131 Å². The van der Waals surface area contributed by atoms with Crippen LogP contribution in [0.15, 0.2) is 24.3 Å². The van der Waals surface area contributed by atoms with Gasteiger partial charge < -0.3 is 14.5 Å². The number of likely N-dealkylation sites (N-methyl/N-ethyl adjacent to an activating group) is 1. The third kappa shape index (κ3) is 3.78. The number of hydrogen-bond donors (Lipinski definition) is 0. The average molecular weight is 304 g/mol. The van der Waals surface area contributed by atoms with Gasteiger partial charge >= 0.3 is 11.8 Å². The molecule has 0 N–H and O–H groups in total. The Balaban J connectivity index is 1.85. The summed E-state index contributed by atoms with van der Waals surface area (Å²) in [6, 6.07) is 7.98. The number of rotatable bonds is 6. The molecular formula is C17H24N2O3. The molecule has 0 atom stereocenters. The number of carbonyl (C=O) groups excluding carboxylic acids is 2. The second kappa shape index (κ2) is 7.29. The Morgan fingerprint density at radius 1 is 1.14 bits per heavy atom. The van der Waals surface area contributed by atoms with Crippen molar-refractivity contribution in [3.05, 3.63) is 29.8 Å². The van der Waals surface area contributed by atoms with E-state index in [1.165, 1.54) is 5.56 Å². The zero-order chi connectivity index (χ0) is 16.1. The smallest absolute Gasteiger partial charge is 0.312 e. The summed E-state index contributed by atoms with van der Waals surface area (Å²) in [6.45, 7) is 8.74. The largest absolute Gasteiger partial charge is 0.492 e. The summed E-state index contributed by atoms with van der Waals surface area (Å²) < 4.78 is 5.72. The van der Waals surface area contributed by atoms with E-state index in [2.05, 4.69) is 19.9 Å². The van der Waals surface area contributed by atoms with Crippen LogP contribution in [-0.2, 0) is 9.59 Å². The highest BCUT2D eigenvalue weighted by atomic mass is 16.5. The number of carbonyl (C=O) groups is 2. The van der Waals surface area contributed by atoms with Crippen LogP contribution < -0.4 is 4.74 Å². The van der Waals surface area contributed by atoms with Crippen molar-refractivity contribution in [2.24, 2.45) is 0 Å². The van der Waals surface area contributed by atoms with Crippen molar-refractivity contribution in [3.63, 3.8) is 0 Å². The van der Waals surface area contributed by atoms with Crippen LogP contribution in [0, 0.1) is 0 Å². The SMILES string of the molecule is CCN1CCN(CCOc2cccc(C(C)C)c2)C(=O)C1=O. The zero-order valence-electron chi connectivity index (χ0n) is 13.5. The van der Waals surface area contributed by atoms with Gasteiger partial charge in [0.2, 0.25) is 0 Å². The molecule has 1 aliphatic heterocycles. The first-order chi connectivity index (χ1) is 10.5. The lowest BCUT2D eigenvalue weighted by atomic mass is 10.0. The van der Waals surface area contributed by atoms with Gasteiger partial charge in [0.1, 0.15) is 12.4 Å². The van der Waals surface area contributed by atoms with E-state index in [0.29, 0.717) is 38.7 Å². The van der Waals surface area contributed by atoms with Crippen LogP contribution in [0.2, 0.25) is 0 Å². The van der Waals surface area contributed by atoms with E-state index in [1.807, 2.05) is 25.1 Å². The van der Waals surface area contributed by atoms with Gasteiger partial charge in [-0.15, -0.1) is 0 Å². The molecule has 1 aromatic rings. The summed E-state index contributed by atoms with van der Waals surface area (Å²) in [5, 5.41) is 0. The van der Waals surface area contributed by atoms with Gasteiger partial charge in [0.15, 0.2) is 0 Å². The number of benzene rings is 1. The van der Waals surface area contributed by atoms with Crippen molar-refractivity contribution in [2.75, 3.05) is 32.8 Å². The fourth-order valence-electron chi connectivity index (χ4n) is 2.47. The van der Waals surface area contributed by atoms with E-state index in [0.717, 1.165) is 5.75 Å². The summed E-state index contributed by atoms with van der Waals surface area (Å²) >= 11 is 0. The van der Waals surface area contributed by atoms with E-state index in [4.69, 9.17) is 4.74 Å². The molecule has 5 nitrogen and oxygen atoms in total. The summed E-state index contributed by atoms with van der Waals surface area (Å²) in [5.41, 5.74) is 1.22. The summed E-state index contributed by atoms with van der Waals surface area (Å²) in [4.78, 5) is 26.9. The van der Waals surface area contributed by atoms with Crippen LogP contribution in [0.4, 0.5) is 0 Å². The van der Waals surface area contributed by atoms with Crippen molar-refractivity contribution in [2.45, 2.75) is 26.7 Å². The van der Waals surface area contributed by atoms with Crippen molar-refractivity contribution < 1.29 is 14.3 Å². The number of amides is 2. The summed E-state index contributed by atoms with van der Waals surface area (Å²) in [6.07, 6.45) is 0. The topological polar surface area (TPSA) is 49.9 Å². The maximum atomic E-state index is 12.0. The second-order valence-corrected chi connectivity index (χ2v) is 5.75. The van der Waals surface area contributed by atoms with E-state index >= 15 is 0 Å². The third-order valence-electron chi connectivity index (χ3n) is 3.93. The first kappa shape index (κ1) is 16.3. The van der Waals surface area contributed by atoms with Gasteiger partial charge in [-0.2, -0.15) is 0 Å². The van der Waals surface area contributed by atoms with Crippen molar-refractivity contribution in [3.8, 4) is 5.75 Å². The second-order valence-electron chi connectivity index (χ2n) is 5.75. The molecule has 5 heteroatoms. The molecule has 1 aromatic carbocycles. The maximum Gasteiger partial charge on any atom is 0.312 e. The highest BCUT2D eigenvalue weighted by Gasteiger charge is 2.31. The predicted molar refractivity (Wildman–Crippen MR) is 84.9 cm³/mol. The molecule has 1 saturated heterocycles. The Morgan fingerprint density at radius 2 is 1.82 bits per heavy atom. The molecule has 0 aromatic heterocycles. The molecule has 0 aliphatic carbocycles. The average Bonchev–Trinajstić information content (AvgIpc) is 2.52. The van der Waals surface area contributed by atoms with Crippen LogP contribution in [0.3, 0.4) is 0 Å². The quantitative estimate of drug-likeness (QED) is 0.754. The highest BCUT2D eigenvalue weighted by molar-refractivity contribution is 6.35. The molecule has 0 bridgehead atoms. The van der Waals surface area contributed by atoms with Gasteiger partial charge in [0.25, 0.3) is 0 Å². The van der Waals surface area contributed by atoms with Gasteiger partial charge in [-0.25, -0.2) is 0 Å². The van der Waals surface area contributed by atoms with Crippen LogP contribution in [-0.4, -0.2) is 54.4 Å². The van der Waals surface area contributed by atoms with Gasteiger partial charge in [-0.3, -0.25) is 9.59 Å². The van der Waals surface area contributed by atoms with Crippen LogP contribution in [0.25, 0.3) is 0 Å². The fourth-order valence-corrected chi connectivity index (χ4v) is 2.47. The molecule has 120 valence electrons. The van der Waals surface area contributed by atoms with Gasteiger partial charge in [-0.05, 0) is 30.5 Å². The van der Waals surface area contributed by atoms with E-state index in [1.54, 1.807) is 9.80 Å². The van der Waals surface area contributed by atoms with Crippen molar-refractivity contribution in [1.29, 1.82) is 0 Å². The minimum Gasteiger partial charge on any atom is -0.492 e. The van der Waals surface area contributed by atoms with Crippen LogP contribution >= 0.6 is 0 Å². The Kier molecular flexibility index (Phi) is 5.41. The van der Waals surface area contributed by atoms with Gasteiger partial charge in [-0.1, -0.05) is 26.0 Å². The minimum atomic E-state index is -0.423. The van der Waals surface area contributed by atoms with E-state index in [-0.39, 0.29) is 0 Å². The van der Waals surface area contributed by atoms with Gasteiger partial charge in [0, 0.05) is 19.6 Å². The molecule has 0 radical (unpaired) electrons. The molecular weight excluding hydrogens is 280 g/mol. The number of piperazine rings is 1. The Hall–Kier alpha value is -2.04. The zero-order valence-corrected chi connectivity index (χ0v) is 13.5.